The van der Waals surface area contributed by atoms with Gasteiger partial charge in [-0.1, -0.05) is 29.3 Å². The first-order valence-electron chi connectivity index (χ1n) is 8.23. The lowest BCUT2D eigenvalue weighted by molar-refractivity contribution is 0.102. The van der Waals surface area contributed by atoms with E-state index in [1.165, 1.54) is 6.20 Å². The van der Waals surface area contributed by atoms with Crippen LogP contribution < -0.4 is 10.1 Å². The topological polar surface area (TPSA) is 60.5 Å². The highest BCUT2D eigenvalue weighted by Crippen LogP contribution is 2.27. The van der Waals surface area contributed by atoms with Crippen LogP contribution >= 0.6 is 11.6 Å². The highest BCUT2D eigenvalue weighted by atomic mass is 35.5. The minimum Gasteiger partial charge on any atom is -0.471 e. The molecule has 5 nitrogen and oxygen atoms in total. The van der Waals surface area contributed by atoms with Crippen molar-refractivity contribution >= 4 is 23.2 Å². The molecule has 25 heavy (non-hydrogen) atoms. The maximum atomic E-state index is 12.5. The van der Waals surface area contributed by atoms with Gasteiger partial charge in [-0.3, -0.25) is 4.79 Å². The molecule has 0 aliphatic carbocycles. The number of carbonyl (C=O) groups is 1. The quantitative estimate of drug-likeness (QED) is 0.892. The molecule has 1 aromatic heterocycles. The van der Waals surface area contributed by atoms with Gasteiger partial charge in [-0.15, -0.1) is 0 Å². The molecule has 0 spiro atoms. The molecule has 1 aliphatic rings. The monoisotopic (exact) mass is 360 g/mol. The van der Waals surface area contributed by atoms with E-state index in [9.17, 15) is 4.79 Å². The van der Waals surface area contributed by atoms with Crippen LogP contribution in [0, 0.1) is 20.8 Å². The molecule has 2 heterocycles. The SMILES string of the molecule is Cc1cc(C)c(NC(=O)c2cnc(OC3CCOC3)c(Cl)c2)c(C)c1. The third kappa shape index (κ3) is 4.11. The molecule has 132 valence electrons. The van der Waals surface area contributed by atoms with Gasteiger partial charge in [0.15, 0.2) is 0 Å². The lowest BCUT2D eigenvalue weighted by Gasteiger charge is -2.14. The molecule has 1 N–H and O–H groups in total. The second-order valence-corrected chi connectivity index (χ2v) is 6.75. The van der Waals surface area contributed by atoms with Crippen molar-refractivity contribution < 1.29 is 14.3 Å². The van der Waals surface area contributed by atoms with E-state index in [1.807, 2.05) is 32.9 Å². The van der Waals surface area contributed by atoms with Crippen LogP contribution in [0.15, 0.2) is 24.4 Å². The molecule has 0 radical (unpaired) electrons. The lowest BCUT2D eigenvalue weighted by Crippen LogP contribution is -2.18. The number of ether oxygens (including phenoxy) is 2. The molecule has 1 aliphatic heterocycles. The lowest BCUT2D eigenvalue weighted by atomic mass is 10.0. The summed E-state index contributed by atoms with van der Waals surface area (Å²) in [5.74, 6) is 0.0802. The predicted octanol–water partition coefficient (Wildman–Crippen LogP) is 4.08. The third-order valence-corrected chi connectivity index (χ3v) is 4.42. The molecule has 1 fully saturated rings. The molecule has 1 aromatic carbocycles. The van der Waals surface area contributed by atoms with E-state index in [2.05, 4.69) is 10.3 Å². The van der Waals surface area contributed by atoms with Gasteiger partial charge in [0.1, 0.15) is 11.1 Å². The number of benzene rings is 1. The van der Waals surface area contributed by atoms with Crippen LogP contribution in [0.2, 0.25) is 5.02 Å². The Kier molecular flexibility index (Phi) is 5.25. The van der Waals surface area contributed by atoms with Gasteiger partial charge in [-0.05, 0) is 38.0 Å². The number of hydrogen-bond donors (Lipinski definition) is 1. The first-order valence-corrected chi connectivity index (χ1v) is 8.61. The Labute approximate surface area is 152 Å². The second-order valence-electron chi connectivity index (χ2n) is 6.34. The summed E-state index contributed by atoms with van der Waals surface area (Å²) >= 11 is 6.23. The minimum absolute atomic E-state index is 0.0393. The summed E-state index contributed by atoms with van der Waals surface area (Å²) in [5.41, 5.74) is 4.40. The van der Waals surface area contributed by atoms with E-state index >= 15 is 0 Å². The standard InChI is InChI=1S/C19H21ClN2O3/c1-11-6-12(2)17(13(3)7-11)22-18(23)14-8-16(20)19(21-9-14)25-15-4-5-24-10-15/h6-9,15H,4-5,10H2,1-3H3,(H,22,23). The van der Waals surface area contributed by atoms with Gasteiger partial charge in [0.05, 0.1) is 18.8 Å². The van der Waals surface area contributed by atoms with E-state index in [1.54, 1.807) is 6.07 Å². The molecule has 1 atom stereocenters. The normalized spacial score (nSPS) is 16.7. The molecular weight excluding hydrogens is 340 g/mol. The fourth-order valence-electron chi connectivity index (χ4n) is 2.96. The van der Waals surface area contributed by atoms with Crippen molar-refractivity contribution in [1.29, 1.82) is 0 Å². The van der Waals surface area contributed by atoms with Crippen molar-refractivity contribution in [3.63, 3.8) is 0 Å². The van der Waals surface area contributed by atoms with Gasteiger partial charge < -0.3 is 14.8 Å². The number of rotatable bonds is 4. The highest BCUT2D eigenvalue weighted by molar-refractivity contribution is 6.32. The molecule has 3 rings (SSSR count). The van der Waals surface area contributed by atoms with E-state index < -0.39 is 0 Å². The summed E-state index contributed by atoms with van der Waals surface area (Å²) in [5, 5.41) is 3.26. The Balaban J connectivity index is 1.75. The smallest absolute Gasteiger partial charge is 0.257 e. The van der Waals surface area contributed by atoms with Gasteiger partial charge in [-0.25, -0.2) is 4.98 Å². The van der Waals surface area contributed by atoms with Crippen LogP contribution in [0.1, 0.15) is 33.5 Å². The van der Waals surface area contributed by atoms with Crippen LogP contribution in [-0.4, -0.2) is 30.2 Å². The Hall–Kier alpha value is -2.11. The summed E-state index contributed by atoms with van der Waals surface area (Å²) < 4.78 is 11.0. The molecular formula is C19H21ClN2O3. The number of aromatic nitrogens is 1. The summed E-state index contributed by atoms with van der Waals surface area (Å²) in [6, 6.07) is 5.65. The summed E-state index contributed by atoms with van der Waals surface area (Å²) in [7, 11) is 0. The van der Waals surface area contributed by atoms with E-state index in [0.29, 0.717) is 29.7 Å². The van der Waals surface area contributed by atoms with Gasteiger partial charge in [0, 0.05) is 18.3 Å². The number of halogens is 1. The molecule has 0 saturated carbocycles. The summed E-state index contributed by atoms with van der Waals surface area (Å²) in [6.07, 6.45) is 2.25. The summed E-state index contributed by atoms with van der Waals surface area (Å²) in [6.45, 7) is 7.19. The van der Waals surface area contributed by atoms with E-state index in [0.717, 1.165) is 28.8 Å². The molecule has 0 bridgehead atoms. The van der Waals surface area contributed by atoms with Crippen molar-refractivity contribution in [2.75, 3.05) is 18.5 Å². The van der Waals surface area contributed by atoms with Gasteiger partial charge in [0.2, 0.25) is 5.88 Å². The Morgan fingerprint density at radius 1 is 1.28 bits per heavy atom. The fraction of sp³-hybridized carbons (Fsp3) is 0.368. The van der Waals surface area contributed by atoms with Crippen LogP contribution in [0.3, 0.4) is 0 Å². The second kappa shape index (κ2) is 7.42. The average Bonchev–Trinajstić information content (AvgIpc) is 3.05. The zero-order valence-corrected chi connectivity index (χ0v) is 15.3. The number of anilines is 1. The van der Waals surface area contributed by atoms with Gasteiger partial charge in [0.25, 0.3) is 5.91 Å². The predicted molar refractivity (Wildman–Crippen MR) is 97.7 cm³/mol. The number of nitrogens with one attached hydrogen (secondary N) is 1. The fourth-order valence-corrected chi connectivity index (χ4v) is 3.17. The summed E-state index contributed by atoms with van der Waals surface area (Å²) in [4.78, 5) is 16.7. The molecule has 1 amide bonds. The van der Waals surface area contributed by atoms with Crippen LogP contribution in [0.25, 0.3) is 0 Å². The van der Waals surface area contributed by atoms with Crippen LogP contribution in [0.4, 0.5) is 5.69 Å². The van der Waals surface area contributed by atoms with Crippen LogP contribution in [-0.2, 0) is 4.74 Å². The zero-order valence-electron chi connectivity index (χ0n) is 14.6. The average molecular weight is 361 g/mol. The molecule has 1 saturated heterocycles. The zero-order chi connectivity index (χ0) is 18.0. The number of pyridine rings is 1. The van der Waals surface area contributed by atoms with Crippen molar-refractivity contribution in [1.82, 2.24) is 4.98 Å². The van der Waals surface area contributed by atoms with Crippen LogP contribution in [0.5, 0.6) is 5.88 Å². The van der Waals surface area contributed by atoms with Crippen molar-refractivity contribution in [3.8, 4) is 5.88 Å². The minimum atomic E-state index is -0.250. The Bertz CT molecular complexity index is 778. The Morgan fingerprint density at radius 2 is 2.00 bits per heavy atom. The number of carbonyl (C=O) groups excluding carboxylic acids is 1. The number of nitrogens with zero attached hydrogens (tertiary/aromatic N) is 1. The molecule has 2 aromatic rings. The number of aryl methyl sites for hydroxylation is 3. The van der Waals surface area contributed by atoms with Crippen molar-refractivity contribution in [3.05, 3.63) is 51.7 Å². The van der Waals surface area contributed by atoms with Crippen molar-refractivity contribution in [2.45, 2.75) is 33.3 Å². The largest absolute Gasteiger partial charge is 0.471 e. The maximum Gasteiger partial charge on any atom is 0.257 e. The van der Waals surface area contributed by atoms with E-state index in [-0.39, 0.29) is 12.0 Å². The first kappa shape index (κ1) is 17.7. The van der Waals surface area contributed by atoms with Gasteiger partial charge >= 0.3 is 0 Å². The third-order valence-electron chi connectivity index (χ3n) is 4.15. The Morgan fingerprint density at radius 3 is 2.60 bits per heavy atom. The molecule has 6 heteroatoms. The maximum absolute atomic E-state index is 12.5. The van der Waals surface area contributed by atoms with Crippen molar-refractivity contribution in [2.24, 2.45) is 0 Å². The number of amides is 1. The first-order chi connectivity index (χ1) is 11.9. The molecule has 1 unspecified atom stereocenters. The highest BCUT2D eigenvalue weighted by Gasteiger charge is 2.20. The number of hydrogen-bond acceptors (Lipinski definition) is 4. The van der Waals surface area contributed by atoms with Gasteiger partial charge in [-0.2, -0.15) is 0 Å². The van der Waals surface area contributed by atoms with E-state index in [4.69, 9.17) is 21.1 Å².